The van der Waals surface area contributed by atoms with E-state index in [0.717, 1.165) is 19.3 Å². The van der Waals surface area contributed by atoms with Crippen LogP contribution in [0.15, 0.2) is 0 Å². The van der Waals surface area contributed by atoms with Crippen LogP contribution in [0.3, 0.4) is 0 Å². The molecule has 1 unspecified atom stereocenters. The van der Waals surface area contributed by atoms with E-state index in [1.807, 2.05) is 0 Å². The largest absolute Gasteiger partial charge is 0.480 e. The molecule has 5 heteroatoms. The number of carboxylic acid groups (broad SMARTS) is 1. The fraction of sp³-hybridized carbons (Fsp3) is 0.846. The number of carboxylic acids is 1. The molecule has 1 heterocycles. The van der Waals surface area contributed by atoms with E-state index in [-0.39, 0.29) is 6.03 Å². The highest BCUT2D eigenvalue weighted by Crippen LogP contribution is 2.29. The van der Waals surface area contributed by atoms with Gasteiger partial charge in [0.25, 0.3) is 0 Å². The number of urea groups is 1. The molecule has 1 aliphatic rings. The molecule has 0 aromatic heterocycles. The Bertz CT molecular complexity index is 317. The fourth-order valence-electron chi connectivity index (χ4n) is 2.31. The highest BCUT2D eigenvalue weighted by molar-refractivity contribution is 5.86. The molecule has 104 valence electrons. The molecule has 2 N–H and O–H groups in total. The lowest BCUT2D eigenvalue weighted by Gasteiger charge is -2.31. The maximum Gasteiger partial charge on any atom is 0.329 e. The first-order chi connectivity index (χ1) is 8.38. The summed E-state index contributed by atoms with van der Waals surface area (Å²) in [5.74, 6) is -0.296. The maximum atomic E-state index is 12.0. The first-order valence-corrected chi connectivity index (χ1v) is 6.67. The van der Waals surface area contributed by atoms with Gasteiger partial charge in [-0.05, 0) is 38.5 Å². The van der Waals surface area contributed by atoms with Gasteiger partial charge in [-0.15, -0.1) is 0 Å². The van der Waals surface area contributed by atoms with Gasteiger partial charge in [0.1, 0.15) is 5.54 Å². The molecule has 1 atom stereocenters. The zero-order chi connectivity index (χ0) is 13.8. The third-order valence-corrected chi connectivity index (χ3v) is 3.58. The number of carbonyl (C=O) groups excluding carboxylic acids is 1. The summed E-state index contributed by atoms with van der Waals surface area (Å²) >= 11 is 0. The van der Waals surface area contributed by atoms with E-state index in [9.17, 15) is 14.7 Å². The zero-order valence-corrected chi connectivity index (χ0v) is 11.5. The number of nitrogens with one attached hydrogen (secondary N) is 1. The molecule has 2 amide bonds. The van der Waals surface area contributed by atoms with Crippen molar-refractivity contribution in [2.24, 2.45) is 5.92 Å². The number of carbonyl (C=O) groups is 2. The minimum atomic E-state index is -1.04. The van der Waals surface area contributed by atoms with Crippen molar-refractivity contribution in [1.29, 1.82) is 0 Å². The van der Waals surface area contributed by atoms with Crippen molar-refractivity contribution in [3.05, 3.63) is 0 Å². The van der Waals surface area contributed by atoms with Crippen LogP contribution >= 0.6 is 0 Å². The standard InChI is InChI=1S/C13H24N2O3/c1-10(2)6-4-8-14-12(18)15-9-5-7-13(15,3)11(16)17/h10H,4-9H2,1-3H3,(H,14,18)(H,16,17). The predicted molar refractivity (Wildman–Crippen MR) is 69.5 cm³/mol. The lowest BCUT2D eigenvalue weighted by atomic mass is 10.00. The average molecular weight is 256 g/mol. The summed E-state index contributed by atoms with van der Waals surface area (Å²) in [6.07, 6.45) is 3.28. The quantitative estimate of drug-likeness (QED) is 0.740. The van der Waals surface area contributed by atoms with Gasteiger partial charge in [0.15, 0.2) is 0 Å². The van der Waals surface area contributed by atoms with Gasteiger partial charge in [-0.3, -0.25) is 0 Å². The van der Waals surface area contributed by atoms with Crippen molar-refractivity contribution < 1.29 is 14.7 Å². The van der Waals surface area contributed by atoms with E-state index >= 15 is 0 Å². The molecule has 18 heavy (non-hydrogen) atoms. The van der Waals surface area contributed by atoms with E-state index in [0.29, 0.717) is 25.4 Å². The van der Waals surface area contributed by atoms with Crippen LogP contribution in [0.25, 0.3) is 0 Å². The molecule has 0 saturated carbocycles. The van der Waals surface area contributed by atoms with E-state index < -0.39 is 11.5 Å². The summed E-state index contributed by atoms with van der Waals surface area (Å²) in [5, 5.41) is 12.0. The summed E-state index contributed by atoms with van der Waals surface area (Å²) in [6, 6.07) is -0.249. The number of hydrogen-bond donors (Lipinski definition) is 2. The van der Waals surface area contributed by atoms with Crippen LogP contribution in [0.2, 0.25) is 0 Å². The first-order valence-electron chi connectivity index (χ1n) is 6.67. The molecule has 0 radical (unpaired) electrons. The second kappa shape index (κ2) is 6.07. The van der Waals surface area contributed by atoms with Gasteiger partial charge in [-0.1, -0.05) is 13.8 Å². The van der Waals surface area contributed by atoms with Crippen molar-refractivity contribution in [1.82, 2.24) is 10.2 Å². The predicted octanol–water partition coefficient (Wildman–Crippen LogP) is 2.07. The molecule has 1 aliphatic heterocycles. The minimum Gasteiger partial charge on any atom is -0.480 e. The Morgan fingerprint density at radius 2 is 2.11 bits per heavy atom. The zero-order valence-electron chi connectivity index (χ0n) is 11.5. The molecule has 1 saturated heterocycles. The van der Waals surface area contributed by atoms with Crippen LogP contribution in [-0.2, 0) is 4.79 Å². The van der Waals surface area contributed by atoms with Crippen LogP contribution in [0.5, 0.6) is 0 Å². The third kappa shape index (κ3) is 3.37. The highest BCUT2D eigenvalue weighted by atomic mass is 16.4. The molecular formula is C13H24N2O3. The Hall–Kier alpha value is -1.26. The van der Waals surface area contributed by atoms with Crippen LogP contribution in [0.1, 0.15) is 46.5 Å². The molecule has 0 aromatic carbocycles. The van der Waals surface area contributed by atoms with Gasteiger partial charge >= 0.3 is 12.0 Å². The molecular weight excluding hydrogens is 232 g/mol. The van der Waals surface area contributed by atoms with E-state index in [4.69, 9.17) is 0 Å². The smallest absolute Gasteiger partial charge is 0.329 e. The molecule has 0 aliphatic carbocycles. The van der Waals surface area contributed by atoms with Gasteiger partial charge in [0.2, 0.25) is 0 Å². The monoisotopic (exact) mass is 256 g/mol. The Balaban J connectivity index is 2.44. The van der Waals surface area contributed by atoms with Crippen molar-refractivity contribution in [2.75, 3.05) is 13.1 Å². The Labute approximate surface area is 109 Å². The molecule has 0 spiro atoms. The molecule has 1 rings (SSSR count). The van der Waals surface area contributed by atoms with Gasteiger partial charge in [0, 0.05) is 13.1 Å². The second-order valence-electron chi connectivity index (χ2n) is 5.60. The molecule has 1 fully saturated rings. The first kappa shape index (κ1) is 14.8. The van der Waals surface area contributed by atoms with Crippen molar-refractivity contribution >= 4 is 12.0 Å². The van der Waals surface area contributed by atoms with Crippen LogP contribution in [0.4, 0.5) is 4.79 Å². The highest BCUT2D eigenvalue weighted by Gasteiger charge is 2.45. The van der Waals surface area contributed by atoms with Gasteiger partial charge in [0.05, 0.1) is 0 Å². The van der Waals surface area contributed by atoms with E-state index in [2.05, 4.69) is 19.2 Å². The molecule has 5 nitrogen and oxygen atoms in total. The number of likely N-dealkylation sites (tertiary alicyclic amines) is 1. The maximum absolute atomic E-state index is 12.0. The summed E-state index contributed by atoms with van der Waals surface area (Å²) in [6.45, 7) is 7.05. The van der Waals surface area contributed by atoms with Crippen molar-refractivity contribution in [3.8, 4) is 0 Å². The number of nitrogens with zero attached hydrogens (tertiary/aromatic N) is 1. The molecule has 0 aromatic rings. The van der Waals surface area contributed by atoms with Crippen LogP contribution in [-0.4, -0.2) is 40.6 Å². The van der Waals surface area contributed by atoms with Crippen LogP contribution < -0.4 is 5.32 Å². The second-order valence-corrected chi connectivity index (χ2v) is 5.60. The topological polar surface area (TPSA) is 69.6 Å². The van der Waals surface area contributed by atoms with E-state index in [1.54, 1.807) is 6.92 Å². The van der Waals surface area contributed by atoms with Crippen molar-refractivity contribution in [2.45, 2.75) is 52.0 Å². The Kier molecular flexibility index (Phi) is 4.99. The van der Waals surface area contributed by atoms with Gasteiger partial charge in [-0.2, -0.15) is 0 Å². The number of hydrogen-bond acceptors (Lipinski definition) is 2. The normalized spacial score (nSPS) is 23.4. The van der Waals surface area contributed by atoms with Crippen LogP contribution in [0, 0.1) is 5.92 Å². The summed E-state index contributed by atoms with van der Waals surface area (Å²) in [4.78, 5) is 24.6. The Morgan fingerprint density at radius 1 is 1.44 bits per heavy atom. The Morgan fingerprint density at radius 3 is 2.67 bits per heavy atom. The number of aliphatic carboxylic acids is 1. The van der Waals surface area contributed by atoms with Gasteiger partial charge < -0.3 is 15.3 Å². The SMILES string of the molecule is CC(C)CCCNC(=O)N1CCCC1(C)C(=O)O. The average Bonchev–Trinajstić information content (AvgIpc) is 2.67. The number of amides is 2. The van der Waals surface area contributed by atoms with Crippen molar-refractivity contribution in [3.63, 3.8) is 0 Å². The van der Waals surface area contributed by atoms with E-state index in [1.165, 1.54) is 4.90 Å². The molecule has 0 bridgehead atoms. The fourth-order valence-corrected chi connectivity index (χ4v) is 2.31. The minimum absolute atomic E-state index is 0.249. The third-order valence-electron chi connectivity index (χ3n) is 3.58. The summed E-state index contributed by atoms with van der Waals surface area (Å²) in [5.41, 5.74) is -1.04. The number of rotatable bonds is 5. The van der Waals surface area contributed by atoms with Gasteiger partial charge in [-0.25, -0.2) is 9.59 Å². The lowest BCUT2D eigenvalue weighted by molar-refractivity contribution is -0.147. The summed E-state index contributed by atoms with van der Waals surface area (Å²) < 4.78 is 0. The summed E-state index contributed by atoms with van der Waals surface area (Å²) in [7, 11) is 0. The lowest BCUT2D eigenvalue weighted by Crippen LogP contribution is -2.54.